The zero-order valence-corrected chi connectivity index (χ0v) is 6.62. The van der Waals surface area contributed by atoms with Crippen molar-refractivity contribution in [3.63, 3.8) is 0 Å². The average Bonchev–Trinajstić information content (AvgIpc) is 1.97. The van der Waals surface area contributed by atoms with Crippen LogP contribution in [0.25, 0.3) is 0 Å². The predicted octanol–water partition coefficient (Wildman–Crippen LogP) is 2.15. The summed E-state index contributed by atoms with van der Waals surface area (Å²) in [6.45, 7) is 0. The van der Waals surface area contributed by atoms with Crippen LogP contribution in [0, 0.1) is 11.6 Å². The largest absolute Gasteiger partial charge is 0.420 e. The van der Waals surface area contributed by atoms with E-state index >= 15 is 0 Å². The molecule has 2 nitrogen and oxygen atoms in total. The quantitative estimate of drug-likeness (QED) is 0.511. The Labute approximate surface area is 75.3 Å². The number of anilines is 2. The first kappa shape index (κ1) is 10.6. The van der Waals surface area contributed by atoms with Gasteiger partial charge in [-0.1, -0.05) is 0 Å². The first-order valence-electron chi connectivity index (χ1n) is 3.35. The van der Waals surface area contributed by atoms with Gasteiger partial charge in [0, 0.05) is 11.8 Å². The summed E-state index contributed by atoms with van der Waals surface area (Å²) in [6, 6.07) is 0.245. The van der Waals surface area contributed by atoms with Gasteiger partial charge in [-0.2, -0.15) is 13.2 Å². The third-order valence-corrected chi connectivity index (χ3v) is 1.57. The van der Waals surface area contributed by atoms with Crippen LogP contribution in [0.5, 0.6) is 0 Å². The van der Waals surface area contributed by atoms with Gasteiger partial charge in [0.2, 0.25) is 0 Å². The Bertz CT molecular complexity index is 371. The molecule has 0 heterocycles. The fourth-order valence-electron chi connectivity index (χ4n) is 0.982. The van der Waals surface area contributed by atoms with E-state index in [2.05, 4.69) is 0 Å². The molecule has 7 heteroatoms. The van der Waals surface area contributed by atoms with Crippen LogP contribution < -0.4 is 11.5 Å². The minimum absolute atomic E-state index is 0.245. The van der Waals surface area contributed by atoms with Crippen molar-refractivity contribution in [2.24, 2.45) is 0 Å². The average molecular weight is 212 g/mol. The molecule has 0 saturated carbocycles. The fourth-order valence-corrected chi connectivity index (χ4v) is 0.982. The van der Waals surface area contributed by atoms with Crippen molar-refractivity contribution in [1.29, 1.82) is 0 Å². The molecule has 0 amide bonds. The Kier molecular flexibility index (Phi) is 2.26. The van der Waals surface area contributed by atoms with Crippen LogP contribution in [0.3, 0.4) is 0 Å². The molecule has 0 aliphatic heterocycles. The lowest BCUT2D eigenvalue weighted by atomic mass is 10.1. The highest BCUT2D eigenvalue weighted by molar-refractivity contribution is 5.63. The molecular weight excluding hydrogens is 207 g/mol. The van der Waals surface area contributed by atoms with Gasteiger partial charge in [-0.25, -0.2) is 8.78 Å². The summed E-state index contributed by atoms with van der Waals surface area (Å²) in [5, 5.41) is 0. The van der Waals surface area contributed by atoms with E-state index in [1.165, 1.54) is 0 Å². The van der Waals surface area contributed by atoms with Crippen molar-refractivity contribution in [3.8, 4) is 0 Å². The SMILES string of the molecule is Nc1cc(F)c(F)c(N)c1C(F)(F)F. The van der Waals surface area contributed by atoms with Crippen LogP contribution in [-0.4, -0.2) is 0 Å². The van der Waals surface area contributed by atoms with Crippen LogP contribution in [0.15, 0.2) is 6.07 Å². The Morgan fingerprint density at radius 1 is 1.07 bits per heavy atom. The Morgan fingerprint density at radius 2 is 1.57 bits per heavy atom. The second kappa shape index (κ2) is 3.00. The van der Waals surface area contributed by atoms with E-state index in [-0.39, 0.29) is 6.07 Å². The molecule has 0 unspecified atom stereocenters. The normalized spacial score (nSPS) is 11.8. The van der Waals surface area contributed by atoms with Crippen LogP contribution >= 0.6 is 0 Å². The van der Waals surface area contributed by atoms with Gasteiger partial charge in [-0.15, -0.1) is 0 Å². The van der Waals surface area contributed by atoms with Crippen molar-refractivity contribution < 1.29 is 22.0 Å². The van der Waals surface area contributed by atoms with Gasteiger partial charge in [-0.05, 0) is 0 Å². The highest BCUT2D eigenvalue weighted by atomic mass is 19.4. The first-order chi connectivity index (χ1) is 6.25. The van der Waals surface area contributed by atoms with Gasteiger partial charge in [0.05, 0.1) is 5.69 Å². The Balaban J connectivity index is 3.53. The Hall–Kier alpha value is -1.53. The molecule has 0 radical (unpaired) electrons. The molecule has 0 aromatic heterocycles. The molecule has 0 aliphatic rings. The number of hydrogen-bond donors (Lipinski definition) is 2. The molecule has 0 saturated heterocycles. The number of nitrogens with two attached hydrogens (primary N) is 2. The smallest absolute Gasteiger partial charge is 0.398 e. The van der Waals surface area contributed by atoms with E-state index < -0.39 is 34.7 Å². The van der Waals surface area contributed by atoms with Crippen molar-refractivity contribution in [3.05, 3.63) is 23.3 Å². The van der Waals surface area contributed by atoms with Gasteiger partial charge in [0.15, 0.2) is 11.6 Å². The summed E-state index contributed by atoms with van der Waals surface area (Å²) >= 11 is 0. The van der Waals surface area contributed by atoms with Crippen LogP contribution in [-0.2, 0) is 6.18 Å². The van der Waals surface area contributed by atoms with Gasteiger partial charge in [0.25, 0.3) is 0 Å². The standard InChI is InChI=1S/C7H5F5N2/c8-2-1-3(13)4(7(10,11)12)6(14)5(2)9/h1H,13-14H2. The zero-order valence-electron chi connectivity index (χ0n) is 6.62. The topological polar surface area (TPSA) is 52.0 Å². The maximum absolute atomic E-state index is 12.6. The number of benzene rings is 1. The molecule has 0 aliphatic carbocycles. The molecule has 0 spiro atoms. The molecule has 4 N–H and O–H groups in total. The van der Waals surface area contributed by atoms with Crippen molar-refractivity contribution in [1.82, 2.24) is 0 Å². The molecular formula is C7H5F5N2. The second-order valence-electron chi connectivity index (χ2n) is 2.55. The lowest BCUT2D eigenvalue weighted by molar-refractivity contribution is -0.136. The molecule has 0 fully saturated rings. The minimum Gasteiger partial charge on any atom is -0.398 e. The lowest BCUT2D eigenvalue weighted by Crippen LogP contribution is -2.14. The highest BCUT2D eigenvalue weighted by Crippen LogP contribution is 2.39. The monoisotopic (exact) mass is 212 g/mol. The molecule has 0 atom stereocenters. The third-order valence-electron chi connectivity index (χ3n) is 1.57. The van der Waals surface area contributed by atoms with Gasteiger partial charge >= 0.3 is 6.18 Å². The van der Waals surface area contributed by atoms with Crippen LogP contribution in [0.2, 0.25) is 0 Å². The Morgan fingerprint density at radius 3 is 2.00 bits per heavy atom. The lowest BCUT2D eigenvalue weighted by Gasteiger charge is -2.13. The molecule has 0 bridgehead atoms. The molecule has 14 heavy (non-hydrogen) atoms. The maximum Gasteiger partial charge on any atom is 0.420 e. The number of alkyl halides is 3. The van der Waals surface area contributed by atoms with E-state index in [0.29, 0.717) is 0 Å². The van der Waals surface area contributed by atoms with Crippen LogP contribution in [0.1, 0.15) is 5.56 Å². The molecule has 1 rings (SSSR count). The highest BCUT2D eigenvalue weighted by Gasteiger charge is 2.37. The van der Waals surface area contributed by atoms with Gasteiger partial charge in [-0.3, -0.25) is 0 Å². The van der Waals surface area contributed by atoms with Gasteiger partial charge < -0.3 is 11.5 Å². The number of nitrogen functional groups attached to an aromatic ring is 2. The number of halogens is 5. The molecule has 1 aromatic rings. The summed E-state index contributed by atoms with van der Waals surface area (Å²) in [5.74, 6) is -3.25. The second-order valence-corrected chi connectivity index (χ2v) is 2.55. The van der Waals surface area contributed by atoms with Crippen molar-refractivity contribution in [2.45, 2.75) is 6.18 Å². The maximum atomic E-state index is 12.6. The molecule has 1 aromatic carbocycles. The number of rotatable bonds is 0. The third kappa shape index (κ3) is 1.57. The zero-order chi connectivity index (χ0) is 11.1. The van der Waals surface area contributed by atoms with Gasteiger partial charge in [0.1, 0.15) is 5.56 Å². The summed E-state index contributed by atoms with van der Waals surface area (Å²) < 4.78 is 61.7. The van der Waals surface area contributed by atoms with Crippen molar-refractivity contribution >= 4 is 11.4 Å². The molecule has 78 valence electrons. The summed E-state index contributed by atoms with van der Waals surface area (Å²) in [4.78, 5) is 0. The predicted molar refractivity (Wildman–Crippen MR) is 40.2 cm³/mol. The summed E-state index contributed by atoms with van der Waals surface area (Å²) in [7, 11) is 0. The summed E-state index contributed by atoms with van der Waals surface area (Å²) in [6.07, 6.45) is -4.90. The van der Waals surface area contributed by atoms with E-state index in [1.54, 1.807) is 0 Å². The van der Waals surface area contributed by atoms with E-state index in [0.717, 1.165) is 0 Å². The van der Waals surface area contributed by atoms with E-state index in [9.17, 15) is 22.0 Å². The fraction of sp³-hybridized carbons (Fsp3) is 0.143. The van der Waals surface area contributed by atoms with E-state index in [1.807, 2.05) is 0 Å². The van der Waals surface area contributed by atoms with Crippen LogP contribution in [0.4, 0.5) is 33.3 Å². The van der Waals surface area contributed by atoms with Crippen molar-refractivity contribution in [2.75, 3.05) is 11.5 Å². The minimum atomic E-state index is -4.90. The first-order valence-corrected chi connectivity index (χ1v) is 3.35. The summed E-state index contributed by atoms with van der Waals surface area (Å²) in [5.41, 5.74) is 5.82. The number of hydrogen-bond acceptors (Lipinski definition) is 2. The van der Waals surface area contributed by atoms with E-state index in [4.69, 9.17) is 11.5 Å².